The van der Waals surface area contributed by atoms with Crippen molar-refractivity contribution in [3.63, 3.8) is 0 Å². The molecule has 0 aromatic carbocycles. The Labute approximate surface area is 163 Å². The lowest BCUT2D eigenvalue weighted by atomic mass is 9.97. The van der Waals surface area contributed by atoms with Crippen molar-refractivity contribution in [2.45, 2.75) is 78.8 Å². The van der Waals surface area contributed by atoms with E-state index < -0.39 is 0 Å². The number of nitrogens with one attached hydrogen (secondary N) is 2. The number of rotatable bonds is 7. The lowest BCUT2D eigenvalue weighted by Gasteiger charge is -2.17. The van der Waals surface area contributed by atoms with Gasteiger partial charge in [0, 0.05) is 18.5 Å². The van der Waals surface area contributed by atoms with Crippen LogP contribution in [-0.4, -0.2) is 29.2 Å². The van der Waals surface area contributed by atoms with Crippen molar-refractivity contribution in [2.24, 2.45) is 10.9 Å². The minimum Gasteiger partial charge on any atom is -0.354 e. The van der Waals surface area contributed by atoms with Gasteiger partial charge >= 0.3 is 0 Å². The smallest absolute Gasteiger partial charge is 0.232 e. The van der Waals surface area contributed by atoms with E-state index in [0.717, 1.165) is 18.3 Å². The molecule has 0 saturated heterocycles. The molecule has 0 amide bonds. The summed E-state index contributed by atoms with van der Waals surface area (Å²) in [5.41, 5.74) is -0.129. The second-order valence-corrected chi connectivity index (χ2v) is 7.56. The Balaban J connectivity index is 0.00000529. The molecule has 7 heteroatoms. The number of aromatic nitrogens is 2. The van der Waals surface area contributed by atoms with Gasteiger partial charge in [-0.2, -0.15) is 4.98 Å². The summed E-state index contributed by atoms with van der Waals surface area (Å²) in [7, 11) is 1.77. The summed E-state index contributed by atoms with van der Waals surface area (Å²) in [6.45, 7) is 13.4. The standard InChI is InChI=1S/C17H33N5O.HI/c1-12(2)9-8-10-13(3)20-16(18-7)19-11-14-21-15(23-22-14)17(4,5)6;/h12-13H,8-11H2,1-7H3,(H2,18,19,20);1H. The molecule has 1 unspecified atom stereocenters. The lowest BCUT2D eigenvalue weighted by Crippen LogP contribution is -2.42. The fourth-order valence-electron chi connectivity index (χ4n) is 2.13. The van der Waals surface area contributed by atoms with Crippen molar-refractivity contribution in [1.29, 1.82) is 0 Å². The summed E-state index contributed by atoms with van der Waals surface area (Å²) in [4.78, 5) is 8.66. The Kier molecular flexibility index (Phi) is 10.5. The van der Waals surface area contributed by atoms with E-state index in [1.165, 1.54) is 12.8 Å². The highest BCUT2D eigenvalue weighted by atomic mass is 127. The van der Waals surface area contributed by atoms with Crippen LogP contribution in [0.2, 0.25) is 0 Å². The maximum absolute atomic E-state index is 5.29. The molecule has 0 fully saturated rings. The van der Waals surface area contributed by atoms with E-state index in [1.54, 1.807) is 7.05 Å². The Bertz CT molecular complexity index is 493. The van der Waals surface area contributed by atoms with Crippen LogP contribution in [0.3, 0.4) is 0 Å². The van der Waals surface area contributed by atoms with Gasteiger partial charge in [0.2, 0.25) is 5.89 Å². The number of nitrogens with zero attached hydrogens (tertiary/aromatic N) is 3. The molecule has 1 aromatic heterocycles. The Hall–Kier alpha value is -0.860. The van der Waals surface area contributed by atoms with Crippen molar-refractivity contribution in [3.8, 4) is 0 Å². The summed E-state index contributed by atoms with van der Waals surface area (Å²) in [6.07, 6.45) is 3.62. The van der Waals surface area contributed by atoms with Crippen LogP contribution in [0.15, 0.2) is 9.52 Å². The van der Waals surface area contributed by atoms with Gasteiger partial charge in [-0.1, -0.05) is 52.6 Å². The molecule has 0 bridgehead atoms. The van der Waals surface area contributed by atoms with Gasteiger partial charge in [0.25, 0.3) is 0 Å². The molecule has 24 heavy (non-hydrogen) atoms. The molecule has 1 atom stereocenters. The molecule has 1 aromatic rings. The first-order valence-corrected chi connectivity index (χ1v) is 8.52. The minimum atomic E-state index is -0.129. The van der Waals surface area contributed by atoms with Crippen LogP contribution in [0, 0.1) is 5.92 Å². The van der Waals surface area contributed by atoms with Crippen molar-refractivity contribution in [2.75, 3.05) is 7.05 Å². The maximum Gasteiger partial charge on any atom is 0.232 e. The van der Waals surface area contributed by atoms with Gasteiger partial charge in [0.15, 0.2) is 11.8 Å². The summed E-state index contributed by atoms with van der Waals surface area (Å²) < 4.78 is 5.29. The lowest BCUT2D eigenvalue weighted by molar-refractivity contribution is 0.318. The van der Waals surface area contributed by atoms with E-state index in [2.05, 4.69) is 67.3 Å². The van der Waals surface area contributed by atoms with Crippen LogP contribution in [0.1, 0.15) is 72.5 Å². The van der Waals surface area contributed by atoms with Gasteiger partial charge in [-0.15, -0.1) is 24.0 Å². The van der Waals surface area contributed by atoms with Gasteiger partial charge in [0.1, 0.15) is 0 Å². The van der Waals surface area contributed by atoms with Crippen LogP contribution in [0.5, 0.6) is 0 Å². The second-order valence-electron chi connectivity index (χ2n) is 7.56. The largest absolute Gasteiger partial charge is 0.354 e. The zero-order chi connectivity index (χ0) is 17.5. The molecule has 2 N–H and O–H groups in total. The number of guanidine groups is 1. The monoisotopic (exact) mass is 451 g/mol. The van der Waals surface area contributed by atoms with E-state index in [1.807, 2.05) is 0 Å². The van der Waals surface area contributed by atoms with E-state index in [9.17, 15) is 0 Å². The van der Waals surface area contributed by atoms with E-state index >= 15 is 0 Å². The topological polar surface area (TPSA) is 75.3 Å². The summed E-state index contributed by atoms with van der Waals surface area (Å²) >= 11 is 0. The minimum absolute atomic E-state index is 0. The maximum atomic E-state index is 5.29. The van der Waals surface area contributed by atoms with Crippen molar-refractivity contribution in [3.05, 3.63) is 11.7 Å². The molecule has 0 aliphatic heterocycles. The zero-order valence-electron chi connectivity index (χ0n) is 16.1. The Morgan fingerprint density at radius 2 is 1.88 bits per heavy atom. The molecule has 0 aliphatic rings. The predicted octanol–water partition coefficient (Wildman–Crippen LogP) is 3.86. The highest BCUT2D eigenvalue weighted by Crippen LogP contribution is 2.19. The zero-order valence-corrected chi connectivity index (χ0v) is 18.5. The van der Waals surface area contributed by atoms with Crippen LogP contribution >= 0.6 is 24.0 Å². The van der Waals surface area contributed by atoms with Crippen LogP contribution in [0.25, 0.3) is 0 Å². The van der Waals surface area contributed by atoms with E-state index in [-0.39, 0.29) is 29.4 Å². The molecular weight excluding hydrogens is 417 g/mol. The molecule has 1 rings (SSSR count). The molecular formula is C17H34IN5O. The third-order valence-corrected chi connectivity index (χ3v) is 3.55. The summed E-state index contributed by atoms with van der Waals surface area (Å²) in [5.74, 6) is 2.82. The van der Waals surface area contributed by atoms with Crippen LogP contribution in [-0.2, 0) is 12.0 Å². The number of hydrogen-bond donors (Lipinski definition) is 2. The normalized spacial score (nSPS) is 13.6. The average molecular weight is 451 g/mol. The van der Waals surface area contributed by atoms with Crippen molar-refractivity contribution in [1.82, 2.24) is 20.8 Å². The average Bonchev–Trinajstić information content (AvgIpc) is 2.91. The third kappa shape index (κ3) is 8.84. The van der Waals surface area contributed by atoms with Gasteiger partial charge in [-0.25, -0.2) is 0 Å². The predicted molar refractivity (Wildman–Crippen MR) is 110 cm³/mol. The van der Waals surface area contributed by atoms with Gasteiger partial charge in [-0.05, 0) is 19.3 Å². The molecule has 1 heterocycles. The quantitative estimate of drug-likeness (QED) is 0.374. The molecule has 6 nitrogen and oxygen atoms in total. The third-order valence-electron chi connectivity index (χ3n) is 3.55. The highest BCUT2D eigenvalue weighted by Gasteiger charge is 2.21. The Morgan fingerprint density at radius 3 is 2.38 bits per heavy atom. The first kappa shape index (κ1) is 23.1. The summed E-state index contributed by atoms with van der Waals surface area (Å²) in [5, 5.41) is 10.6. The van der Waals surface area contributed by atoms with Gasteiger partial charge in [0.05, 0.1) is 6.54 Å². The molecule has 0 spiro atoms. The SMILES string of the molecule is CN=C(NCc1noc(C(C)(C)C)n1)NC(C)CCCC(C)C.I. The number of aliphatic imine (C=N–C) groups is 1. The first-order chi connectivity index (χ1) is 10.7. The molecule has 0 aliphatic carbocycles. The number of halogens is 1. The van der Waals surface area contributed by atoms with Crippen molar-refractivity contribution < 1.29 is 4.52 Å². The Morgan fingerprint density at radius 1 is 1.21 bits per heavy atom. The first-order valence-electron chi connectivity index (χ1n) is 8.52. The van der Waals surface area contributed by atoms with Crippen molar-refractivity contribution >= 4 is 29.9 Å². The van der Waals surface area contributed by atoms with E-state index in [4.69, 9.17) is 4.52 Å². The molecule has 0 saturated carbocycles. The number of hydrogen-bond acceptors (Lipinski definition) is 4. The summed E-state index contributed by atoms with van der Waals surface area (Å²) in [6, 6.07) is 0.385. The van der Waals surface area contributed by atoms with Gasteiger partial charge in [-0.3, -0.25) is 4.99 Å². The fourth-order valence-corrected chi connectivity index (χ4v) is 2.13. The molecule has 140 valence electrons. The van der Waals surface area contributed by atoms with E-state index in [0.29, 0.717) is 24.3 Å². The fraction of sp³-hybridized carbons (Fsp3) is 0.824. The van der Waals surface area contributed by atoms with Gasteiger partial charge < -0.3 is 15.2 Å². The highest BCUT2D eigenvalue weighted by molar-refractivity contribution is 14.0. The van der Waals surface area contributed by atoms with Crippen LogP contribution in [0.4, 0.5) is 0 Å². The second kappa shape index (κ2) is 10.9. The van der Waals surface area contributed by atoms with Crippen LogP contribution < -0.4 is 10.6 Å². The molecule has 0 radical (unpaired) electrons.